The zero-order valence-corrected chi connectivity index (χ0v) is 9.27. The van der Waals surface area contributed by atoms with Gasteiger partial charge in [-0.05, 0) is 30.7 Å². The molecule has 0 aromatic heterocycles. The van der Waals surface area contributed by atoms with Gasteiger partial charge in [0, 0.05) is 5.56 Å². The van der Waals surface area contributed by atoms with Crippen molar-refractivity contribution in [2.45, 2.75) is 12.8 Å². The summed E-state index contributed by atoms with van der Waals surface area (Å²) in [6.07, 6.45) is 0. The van der Waals surface area contributed by atoms with Crippen molar-refractivity contribution in [1.29, 1.82) is 0 Å². The van der Waals surface area contributed by atoms with Gasteiger partial charge in [-0.1, -0.05) is 0 Å². The van der Waals surface area contributed by atoms with Gasteiger partial charge >= 0.3 is 0 Å². The maximum absolute atomic E-state index is 13.0. The molecule has 0 unspecified atom stereocenters. The number of carbonyl (C=O) groups is 1. The standard InChI is InChI=1S/C11H13F3N2O/c1-7-2-8(4-9(12)3-7)10(17)16-6-11(13,14)5-15/h2-4H,5-6,15H2,1H3,(H,16,17). The van der Waals surface area contributed by atoms with E-state index in [9.17, 15) is 18.0 Å². The minimum absolute atomic E-state index is 0.00956. The van der Waals surface area contributed by atoms with Crippen LogP contribution in [0.2, 0.25) is 0 Å². The van der Waals surface area contributed by atoms with E-state index in [1.807, 2.05) is 5.32 Å². The molecular weight excluding hydrogens is 233 g/mol. The largest absolute Gasteiger partial charge is 0.346 e. The molecule has 0 aliphatic heterocycles. The highest BCUT2D eigenvalue weighted by atomic mass is 19.3. The van der Waals surface area contributed by atoms with Crippen molar-refractivity contribution in [1.82, 2.24) is 5.32 Å². The molecule has 0 saturated heterocycles. The maximum Gasteiger partial charge on any atom is 0.277 e. The highest BCUT2D eigenvalue weighted by Gasteiger charge is 2.27. The van der Waals surface area contributed by atoms with Gasteiger partial charge in [-0.2, -0.15) is 0 Å². The number of aryl methyl sites for hydroxylation is 1. The van der Waals surface area contributed by atoms with Crippen LogP contribution in [-0.4, -0.2) is 24.9 Å². The van der Waals surface area contributed by atoms with Gasteiger partial charge in [-0.15, -0.1) is 0 Å². The van der Waals surface area contributed by atoms with E-state index in [-0.39, 0.29) is 5.56 Å². The predicted molar refractivity (Wildman–Crippen MR) is 57.5 cm³/mol. The molecule has 0 aliphatic carbocycles. The molecule has 0 spiro atoms. The monoisotopic (exact) mass is 246 g/mol. The molecule has 1 aromatic carbocycles. The summed E-state index contributed by atoms with van der Waals surface area (Å²) >= 11 is 0. The smallest absolute Gasteiger partial charge is 0.277 e. The van der Waals surface area contributed by atoms with E-state index < -0.39 is 30.7 Å². The third kappa shape index (κ3) is 4.07. The van der Waals surface area contributed by atoms with Crippen LogP contribution in [0.15, 0.2) is 18.2 Å². The second kappa shape index (κ2) is 5.18. The number of halogens is 3. The zero-order chi connectivity index (χ0) is 13.1. The van der Waals surface area contributed by atoms with Crippen molar-refractivity contribution in [2.24, 2.45) is 5.73 Å². The van der Waals surface area contributed by atoms with E-state index >= 15 is 0 Å². The molecule has 3 nitrogen and oxygen atoms in total. The van der Waals surface area contributed by atoms with Crippen LogP contribution >= 0.6 is 0 Å². The number of hydrogen-bond donors (Lipinski definition) is 2. The minimum atomic E-state index is -3.15. The Hall–Kier alpha value is -1.56. The second-order valence-corrected chi connectivity index (χ2v) is 3.76. The van der Waals surface area contributed by atoms with E-state index in [1.54, 1.807) is 6.92 Å². The van der Waals surface area contributed by atoms with Crippen LogP contribution < -0.4 is 11.1 Å². The van der Waals surface area contributed by atoms with Crippen molar-refractivity contribution in [2.75, 3.05) is 13.1 Å². The van der Waals surface area contributed by atoms with Crippen LogP contribution in [0.1, 0.15) is 15.9 Å². The molecule has 6 heteroatoms. The maximum atomic E-state index is 13.0. The van der Waals surface area contributed by atoms with E-state index in [4.69, 9.17) is 5.73 Å². The third-order valence-corrected chi connectivity index (χ3v) is 2.11. The van der Waals surface area contributed by atoms with Crippen molar-refractivity contribution in [3.05, 3.63) is 35.1 Å². The van der Waals surface area contributed by atoms with Crippen LogP contribution in [0, 0.1) is 12.7 Å². The quantitative estimate of drug-likeness (QED) is 0.845. The van der Waals surface area contributed by atoms with Crippen LogP contribution in [-0.2, 0) is 0 Å². The number of alkyl halides is 2. The Morgan fingerprint density at radius 2 is 2.06 bits per heavy atom. The summed E-state index contributed by atoms with van der Waals surface area (Å²) in [5.41, 5.74) is 5.37. The summed E-state index contributed by atoms with van der Waals surface area (Å²) in [5.74, 6) is -4.49. The van der Waals surface area contributed by atoms with Crippen LogP contribution in [0.5, 0.6) is 0 Å². The molecule has 0 radical (unpaired) electrons. The van der Waals surface area contributed by atoms with Crippen LogP contribution in [0.25, 0.3) is 0 Å². The predicted octanol–water partition coefficient (Wildman–Crippen LogP) is 1.46. The van der Waals surface area contributed by atoms with Gasteiger partial charge in [0.2, 0.25) is 0 Å². The van der Waals surface area contributed by atoms with Crippen LogP contribution in [0.4, 0.5) is 13.2 Å². The molecule has 17 heavy (non-hydrogen) atoms. The van der Waals surface area contributed by atoms with Crippen molar-refractivity contribution >= 4 is 5.91 Å². The molecular formula is C11H13F3N2O. The summed E-state index contributed by atoms with van der Waals surface area (Å²) in [4.78, 5) is 11.5. The Bertz CT molecular complexity index is 401. The molecule has 1 aromatic rings. The first-order valence-corrected chi connectivity index (χ1v) is 4.97. The lowest BCUT2D eigenvalue weighted by atomic mass is 10.1. The average molecular weight is 246 g/mol. The van der Waals surface area contributed by atoms with Crippen LogP contribution in [0.3, 0.4) is 0 Å². The van der Waals surface area contributed by atoms with Gasteiger partial charge < -0.3 is 11.1 Å². The summed E-state index contributed by atoms with van der Waals surface area (Å²) in [6, 6.07) is 3.65. The number of amides is 1. The third-order valence-electron chi connectivity index (χ3n) is 2.11. The molecule has 0 atom stereocenters. The molecule has 0 heterocycles. The van der Waals surface area contributed by atoms with E-state index in [1.165, 1.54) is 12.1 Å². The van der Waals surface area contributed by atoms with Gasteiger partial charge in [-0.3, -0.25) is 4.79 Å². The van der Waals surface area contributed by atoms with E-state index in [2.05, 4.69) is 0 Å². The normalized spacial score (nSPS) is 11.4. The molecule has 1 rings (SSSR count). The summed E-state index contributed by atoms with van der Waals surface area (Å²) < 4.78 is 38.5. The average Bonchev–Trinajstić information content (AvgIpc) is 2.24. The zero-order valence-electron chi connectivity index (χ0n) is 9.27. The molecule has 0 fully saturated rings. The number of carbonyl (C=O) groups excluding carboxylic acids is 1. The Morgan fingerprint density at radius 1 is 1.41 bits per heavy atom. The van der Waals surface area contributed by atoms with Gasteiger partial charge in [0.05, 0.1) is 13.1 Å². The van der Waals surface area contributed by atoms with Gasteiger partial charge in [-0.25, -0.2) is 13.2 Å². The molecule has 0 aliphatic rings. The summed E-state index contributed by atoms with van der Waals surface area (Å²) in [7, 11) is 0. The Balaban J connectivity index is 2.70. The Kier molecular flexibility index (Phi) is 4.11. The lowest BCUT2D eigenvalue weighted by Crippen LogP contribution is -2.41. The molecule has 0 saturated carbocycles. The highest BCUT2D eigenvalue weighted by Crippen LogP contribution is 2.11. The first kappa shape index (κ1) is 13.5. The molecule has 94 valence electrons. The lowest BCUT2D eigenvalue weighted by molar-refractivity contribution is 0.0118. The number of benzene rings is 1. The van der Waals surface area contributed by atoms with Gasteiger partial charge in [0.1, 0.15) is 5.82 Å². The highest BCUT2D eigenvalue weighted by molar-refractivity contribution is 5.94. The number of nitrogens with one attached hydrogen (secondary N) is 1. The molecule has 0 bridgehead atoms. The van der Waals surface area contributed by atoms with Crippen molar-refractivity contribution in [3.63, 3.8) is 0 Å². The number of rotatable bonds is 4. The van der Waals surface area contributed by atoms with Crippen molar-refractivity contribution in [3.8, 4) is 0 Å². The molecule has 3 N–H and O–H groups in total. The SMILES string of the molecule is Cc1cc(F)cc(C(=O)NCC(F)(F)CN)c1. The number of hydrogen-bond acceptors (Lipinski definition) is 2. The molecule has 1 amide bonds. The second-order valence-electron chi connectivity index (χ2n) is 3.76. The summed E-state index contributed by atoms with van der Waals surface area (Å²) in [5, 5.41) is 2.01. The first-order chi connectivity index (χ1) is 7.84. The Labute approximate surface area is 96.8 Å². The fourth-order valence-corrected chi connectivity index (χ4v) is 1.25. The van der Waals surface area contributed by atoms with E-state index in [0.29, 0.717) is 5.56 Å². The lowest BCUT2D eigenvalue weighted by Gasteiger charge is -2.14. The fourth-order valence-electron chi connectivity index (χ4n) is 1.25. The topological polar surface area (TPSA) is 55.1 Å². The van der Waals surface area contributed by atoms with Crippen molar-refractivity contribution < 1.29 is 18.0 Å². The number of nitrogens with two attached hydrogens (primary N) is 1. The fraction of sp³-hybridized carbons (Fsp3) is 0.364. The van der Waals surface area contributed by atoms with Gasteiger partial charge in [0.25, 0.3) is 11.8 Å². The van der Waals surface area contributed by atoms with E-state index in [0.717, 1.165) is 6.07 Å². The minimum Gasteiger partial charge on any atom is -0.346 e. The Morgan fingerprint density at radius 3 is 2.59 bits per heavy atom. The first-order valence-electron chi connectivity index (χ1n) is 4.97. The summed E-state index contributed by atoms with van der Waals surface area (Å²) in [6.45, 7) is -0.109. The van der Waals surface area contributed by atoms with Gasteiger partial charge in [0.15, 0.2) is 0 Å².